The maximum atomic E-state index is 12.3. The van der Waals surface area contributed by atoms with Gasteiger partial charge >= 0.3 is 6.09 Å². The lowest BCUT2D eigenvalue weighted by Crippen LogP contribution is -2.54. The number of aliphatic hydroxyl groups excluding tert-OH is 1. The van der Waals surface area contributed by atoms with Crippen molar-refractivity contribution in [2.75, 3.05) is 19.7 Å². The average Bonchev–Trinajstić information content (AvgIpc) is 2.54. The molecule has 3 atom stereocenters. The van der Waals surface area contributed by atoms with Crippen LogP contribution in [-0.4, -0.2) is 47.4 Å². The molecule has 1 aliphatic heterocycles. The van der Waals surface area contributed by atoms with E-state index < -0.39 is 5.60 Å². The Morgan fingerprint density at radius 2 is 2.04 bits per heavy atom. The highest BCUT2D eigenvalue weighted by atomic mass is 16.6. The van der Waals surface area contributed by atoms with Crippen molar-refractivity contribution >= 4 is 6.09 Å². The molecule has 2 N–H and O–H groups in total. The third-order valence-corrected chi connectivity index (χ3v) is 4.41. The van der Waals surface area contributed by atoms with Crippen LogP contribution in [0.1, 0.15) is 45.7 Å². The van der Waals surface area contributed by atoms with Gasteiger partial charge in [0.15, 0.2) is 0 Å². The second kappa shape index (κ2) is 7.99. The fourth-order valence-electron chi connectivity index (χ4n) is 3.06. The maximum Gasteiger partial charge on any atom is 0.410 e. The number of nitrogens with one attached hydrogen (secondary N) is 1. The summed E-state index contributed by atoms with van der Waals surface area (Å²) in [5.41, 5.74) is 0.703. The van der Waals surface area contributed by atoms with Gasteiger partial charge in [0.2, 0.25) is 0 Å². The normalized spacial score (nSPS) is 23.0. The van der Waals surface area contributed by atoms with E-state index >= 15 is 0 Å². The first kappa shape index (κ1) is 18.7. The van der Waals surface area contributed by atoms with E-state index in [1.54, 1.807) is 4.90 Å². The largest absolute Gasteiger partial charge is 0.444 e. The van der Waals surface area contributed by atoms with Gasteiger partial charge in [-0.15, -0.1) is 0 Å². The second-order valence-corrected chi connectivity index (χ2v) is 7.56. The molecule has 0 spiro atoms. The van der Waals surface area contributed by atoms with Crippen molar-refractivity contribution in [2.45, 2.75) is 51.8 Å². The van der Waals surface area contributed by atoms with E-state index in [1.165, 1.54) is 5.56 Å². The Kier molecular flexibility index (Phi) is 6.24. The van der Waals surface area contributed by atoms with Crippen LogP contribution in [0.4, 0.5) is 4.79 Å². The van der Waals surface area contributed by atoms with Gasteiger partial charge in [-0.3, -0.25) is 0 Å². The summed E-state index contributed by atoms with van der Waals surface area (Å²) in [6.07, 6.45) is 0.493. The van der Waals surface area contributed by atoms with Gasteiger partial charge in [0.1, 0.15) is 5.60 Å². The number of hydrogen-bond donors (Lipinski definition) is 2. The number of amides is 1. The predicted octanol–water partition coefficient (Wildman–Crippen LogP) is 2.96. The Balaban J connectivity index is 2.01. The van der Waals surface area contributed by atoms with E-state index in [0.29, 0.717) is 13.1 Å². The molecular formula is C19H30N2O3. The van der Waals surface area contributed by atoms with Crippen LogP contribution >= 0.6 is 0 Å². The summed E-state index contributed by atoms with van der Waals surface area (Å²) < 4.78 is 5.48. The van der Waals surface area contributed by atoms with Crippen LogP contribution in [0.5, 0.6) is 0 Å². The zero-order chi connectivity index (χ0) is 17.7. The molecule has 1 fully saturated rings. The van der Waals surface area contributed by atoms with Gasteiger partial charge in [-0.05, 0) is 39.7 Å². The van der Waals surface area contributed by atoms with E-state index in [0.717, 1.165) is 6.42 Å². The minimum absolute atomic E-state index is 0.0477. The summed E-state index contributed by atoms with van der Waals surface area (Å²) in [6.45, 7) is 9.03. The van der Waals surface area contributed by atoms with Crippen LogP contribution < -0.4 is 5.32 Å². The summed E-state index contributed by atoms with van der Waals surface area (Å²) in [7, 11) is 0. The second-order valence-electron chi connectivity index (χ2n) is 7.56. The molecule has 0 aliphatic carbocycles. The molecule has 1 aromatic carbocycles. The maximum absolute atomic E-state index is 12.3. The van der Waals surface area contributed by atoms with Crippen molar-refractivity contribution in [3.63, 3.8) is 0 Å². The van der Waals surface area contributed by atoms with Crippen molar-refractivity contribution in [1.82, 2.24) is 10.2 Å². The van der Waals surface area contributed by atoms with Gasteiger partial charge in [0.05, 0.1) is 0 Å². The number of piperidine rings is 1. The number of nitrogens with zero attached hydrogens (tertiary/aromatic N) is 1. The lowest BCUT2D eigenvalue weighted by atomic mass is 9.91. The number of benzene rings is 1. The topological polar surface area (TPSA) is 61.8 Å². The lowest BCUT2D eigenvalue weighted by molar-refractivity contribution is 0.00917. The highest BCUT2D eigenvalue weighted by Gasteiger charge is 2.33. The molecule has 5 heteroatoms. The van der Waals surface area contributed by atoms with E-state index in [1.807, 2.05) is 39.0 Å². The Bertz CT molecular complexity index is 527. The summed E-state index contributed by atoms with van der Waals surface area (Å²) in [4.78, 5) is 14.1. The predicted molar refractivity (Wildman–Crippen MR) is 94.8 cm³/mol. The van der Waals surface area contributed by atoms with E-state index in [4.69, 9.17) is 4.74 Å². The Hall–Kier alpha value is -1.59. The molecule has 1 aliphatic rings. The Morgan fingerprint density at radius 1 is 1.38 bits per heavy atom. The molecule has 0 bridgehead atoms. The Morgan fingerprint density at radius 3 is 2.62 bits per heavy atom. The van der Waals surface area contributed by atoms with Crippen LogP contribution in [0.15, 0.2) is 30.3 Å². The molecule has 1 aromatic rings. The number of aliphatic hydroxyl groups is 1. The molecule has 5 nitrogen and oxygen atoms in total. The Labute approximate surface area is 145 Å². The van der Waals surface area contributed by atoms with Crippen LogP contribution in [-0.2, 0) is 4.74 Å². The van der Waals surface area contributed by atoms with Gasteiger partial charge in [0, 0.05) is 37.7 Å². The van der Waals surface area contributed by atoms with Gasteiger partial charge < -0.3 is 20.1 Å². The zero-order valence-corrected chi connectivity index (χ0v) is 15.2. The number of carbonyl (C=O) groups is 1. The minimum Gasteiger partial charge on any atom is -0.444 e. The van der Waals surface area contributed by atoms with Gasteiger partial charge in [0.25, 0.3) is 0 Å². The van der Waals surface area contributed by atoms with Crippen LogP contribution in [0, 0.1) is 5.92 Å². The lowest BCUT2D eigenvalue weighted by Gasteiger charge is -2.40. The summed E-state index contributed by atoms with van der Waals surface area (Å²) in [5, 5.41) is 13.3. The highest BCUT2D eigenvalue weighted by molar-refractivity contribution is 5.68. The van der Waals surface area contributed by atoms with E-state index in [2.05, 4.69) is 24.4 Å². The number of likely N-dealkylation sites (tertiary alicyclic amines) is 1. The SMILES string of the molecule is C[C@H](N[C@@H]1CN(C(=O)OC(C)(C)C)CC[C@H]1CO)c1ccccc1. The molecule has 0 aromatic heterocycles. The fraction of sp³-hybridized carbons (Fsp3) is 0.632. The van der Waals surface area contributed by atoms with E-state index in [9.17, 15) is 9.90 Å². The van der Waals surface area contributed by atoms with Crippen molar-refractivity contribution in [3.8, 4) is 0 Å². The zero-order valence-electron chi connectivity index (χ0n) is 15.2. The molecule has 2 rings (SSSR count). The molecule has 24 heavy (non-hydrogen) atoms. The number of ether oxygens (including phenoxy) is 1. The third-order valence-electron chi connectivity index (χ3n) is 4.41. The van der Waals surface area contributed by atoms with Crippen molar-refractivity contribution in [2.24, 2.45) is 5.92 Å². The molecular weight excluding hydrogens is 304 g/mol. The fourth-order valence-corrected chi connectivity index (χ4v) is 3.06. The number of hydrogen-bond acceptors (Lipinski definition) is 4. The third kappa shape index (κ3) is 5.21. The first-order chi connectivity index (χ1) is 11.3. The van der Waals surface area contributed by atoms with Crippen LogP contribution in [0.2, 0.25) is 0 Å². The molecule has 0 saturated carbocycles. The first-order valence-electron chi connectivity index (χ1n) is 8.70. The average molecular weight is 334 g/mol. The summed E-state index contributed by atoms with van der Waals surface area (Å²) >= 11 is 0. The summed E-state index contributed by atoms with van der Waals surface area (Å²) in [6, 6.07) is 10.4. The van der Waals surface area contributed by atoms with Crippen LogP contribution in [0.3, 0.4) is 0 Å². The monoisotopic (exact) mass is 334 g/mol. The summed E-state index contributed by atoms with van der Waals surface area (Å²) in [5.74, 6) is 0.148. The minimum atomic E-state index is -0.495. The first-order valence-corrected chi connectivity index (χ1v) is 8.70. The molecule has 1 amide bonds. The van der Waals surface area contributed by atoms with Gasteiger partial charge in [-0.25, -0.2) is 4.79 Å². The number of carbonyl (C=O) groups excluding carboxylic acids is 1. The molecule has 134 valence electrons. The van der Waals surface area contributed by atoms with Crippen LogP contribution in [0.25, 0.3) is 0 Å². The van der Waals surface area contributed by atoms with Gasteiger partial charge in [-0.1, -0.05) is 30.3 Å². The molecule has 0 radical (unpaired) electrons. The molecule has 1 heterocycles. The smallest absolute Gasteiger partial charge is 0.410 e. The van der Waals surface area contributed by atoms with Gasteiger partial charge in [-0.2, -0.15) is 0 Å². The van der Waals surface area contributed by atoms with Crippen molar-refractivity contribution < 1.29 is 14.6 Å². The molecule has 1 saturated heterocycles. The van der Waals surface area contributed by atoms with Crippen molar-refractivity contribution in [1.29, 1.82) is 0 Å². The standard InChI is InChI=1S/C19H30N2O3/c1-14(15-8-6-5-7-9-15)20-17-12-21(11-10-16(17)13-22)18(23)24-19(2,3)4/h5-9,14,16-17,20,22H,10-13H2,1-4H3/t14-,16-,17+/m0/s1. The van der Waals surface area contributed by atoms with Crippen molar-refractivity contribution in [3.05, 3.63) is 35.9 Å². The highest BCUT2D eigenvalue weighted by Crippen LogP contribution is 2.23. The quantitative estimate of drug-likeness (QED) is 0.889. The number of rotatable bonds is 4. The molecule has 0 unspecified atom stereocenters. The van der Waals surface area contributed by atoms with E-state index in [-0.39, 0.29) is 30.7 Å².